The summed E-state index contributed by atoms with van der Waals surface area (Å²) in [7, 11) is 0. The Morgan fingerprint density at radius 1 is 1.19 bits per heavy atom. The van der Waals surface area contributed by atoms with E-state index in [1.807, 2.05) is 36.4 Å². The summed E-state index contributed by atoms with van der Waals surface area (Å²) in [4.78, 5) is 12.1. The van der Waals surface area contributed by atoms with Crippen molar-refractivity contribution in [3.8, 4) is 0 Å². The molecule has 1 N–H and O–H groups in total. The fraction of sp³-hybridized carbons (Fsp3) is 0.0625. The first-order chi connectivity index (χ1) is 10.1. The normalized spacial score (nSPS) is 10.8. The monoisotopic (exact) mass is 363 g/mol. The van der Waals surface area contributed by atoms with E-state index in [1.165, 1.54) is 0 Å². The Bertz CT molecular complexity index is 813. The summed E-state index contributed by atoms with van der Waals surface area (Å²) in [5.41, 5.74) is 1.62. The van der Waals surface area contributed by atoms with Gasteiger partial charge in [0.05, 0.1) is 0 Å². The number of nitrogens with one attached hydrogen (secondary N) is 1. The van der Waals surface area contributed by atoms with E-state index in [1.54, 1.807) is 12.1 Å². The topological polar surface area (TPSA) is 42.2 Å². The van der Waals surface area contributed by atoms with Gasteiger partial charge in [-0.15, -0.1) is 0 Å². The van der Waals surface area contributed by atoms with E-state index in [4.69, 9.17) is 16.0 Å². The van der Waals surface area contributed by atoms with Gasteiger partial charge >= 0.3 is 0 Å². The standard InChI is InChI=1S/C16H11BrClNO2/c17-13-5-2-6-14-12(13)8-15(21-14)16(20)19-9-10-3-1-4-11(18)7-10/h1-8H,9H2,(H,19,20). The third-order valence-corrected chi connectivity index (χ3v) is 4.00. The Labute approximate surface area is 135 Å². The number of fused-ring (bicyclic) bond motifs is 1. The number of carbonyl (C=O) groups is 1. The fourth-order valence-corrected chi connectivity index (χ4v) is 2.73. The maximum atomic E-state index is 12.1. The van der Waals surface area contributed by atoms with Gasteiger partial charge in [-0.05, 0) is 35.9 Å². The van der Waals surface area contributed by atoms with Crippen LogP contribution in [-0.2, 0) is 6.54 Å². The largest absolute Gasteiger partial charge is 0.451 e. The molecule has 3 aromatic rings. The van der Waals surface area contributed by atoms with Gasteiger partial charge in [-0.2, -0.15) is 0 Å². The minimum absolute atomic E-state index is 0.252. The molecule has 0 aliphatic rings. The Hall–Kier alpha value is -1.78. The molecule has 0 radical (unpaired) electrons. The third kappa shape index (κ3) is 3.12. The van der Waals surface area contributed by atoms with E-state index in [2.05, 4.69) is 21.2 Å². The molecule has 2 aromatic carbocycles. The molecule has 0 spiro atoms. The molecule has 0 saturated heterocycles. The van der Waals surface area contributed by atoms with Crippen LogP contribution in [0.5, 0.6) is 0 Å². The molecule has 1 heterocycles. The number of benzene rings is 2. The Kier molecular flexibility index (Phi) is 3.99. The Balaban J connectivity index is 1.76. The minimum atomic E-state index is -0.252. The van der Waals surface area contributed by atoms with Gasteiger partial charge in [0, 0.05) is 21.4 Å². The molecule has 3 rings (SSSR count). The van der Waals surface area contributed by atoms with Crippen molar-refractivity contribution < 1.29 is 9.21 Å². The summed E-state index contributed by atoms with van der Waals surface area (Å²) in [5.74, 6) is 0.0389. The summed E-state index contributed by atoms with van der Waals surface area (Å²) < 4.78 is 6.46. The number of rotatable bonds is 3. The smallest absolute Gasteiger partial charge is 0.287 e. The van der Waals surface area contributed by atoms with Gasteiger partial charge in [0.2, 0.25) is 0 Å². The Morgan fingerprint density at radius 3 is 2.76 bits per heavy atom. The Morgan fingerprint density at radius 2 is 2.00 bits per heavy atom. The molecule has 0 unspecified atom stereocenters. The van der Waals surface area contributed by atoms with Crippen LogP contribution in [0, 0.1) is 0 Å². The first-order valence-corrected chi connectivity index (χ1v) is 7.51. The molecular weight excluding hydrogens is 354 g/mol. The second-order valence-electron chi connectivity index (χ2n) is 4.57. The van der Waals surface area contributed by atoms with E-state index >= 15 is 0 Å². The molecule has 0 fully saturated rings. The lowest BCUT2D eigenvalue weighted by Gasteiger charge is -2.03. The first-order valence-electron chi connectivity index (χ1n) is 6.34. The van der Waals surface area contributed by atoms with Crippen LogP contribution in [-0.4, -0.2) is 5.91 Å². The van der Waals surface area contributed by atoms with Crippen LogP contribution in [0.4, 0.5) is 0 Å². The van der Waals surface area contributed by atoms with Crippen molar-refractivity contribution in [1.29, 1.82) is 0 Å². The molecule has 1 amide bonds. The van der Waals surface area contributed by atoms with E-state index in [0.717, 1.165) is 15.4 Å². The van der Waals surface area contributed by atoms with Crippen LogP contribution in [0.15, 0.2) is 57.4 Å². The molecule has 106 valence electrons. The predicted molar refractivity (Wildman–Crippen MR) is 86.5 cm³/mol. The highest BCUT2D eigenvalue weighted by Gasteiger charge is 2.13. The lowest BCUT2D eigenvalue weighted by molar-refractivity contribution is 0.0925. The van der Waals surface area contributed by atoms with Crippen molar-refractivity contribution in [2.45, 2.75) is 6.54 Å². The van der Waals surface area contributed by atoms with Gasteiger partial charge in [0.1, 0.15) is 5.58 Å². The maximum Gasteiger partial charge on any atom is 0.287 e. The zero-order valence-electron chi connectivity index (χ0n) is 10.9. The number of amides is 1. The van der Waals surface area contributed by atoms with E-state index in [-0.39, 0.29) is 5.91 Å². The second-order valence-corrected chi connectivity index (χ2v) is 5.87. The molecule has 0 atom stereocenters. The summed E-state index contributed by atoms with van der Waals surface area (Å²) in [6.45, 7) is 0.400. The van der Waals surface area contributed by atoms with E-state index < -0.39 is 0 Å². The number of furan rings is 1. The van der Waals surface area contributed by atoms with Gasteiger partial charge in [-0.25, -0.2) is 0 Å². The third-order valence-electron chi connectivity index (χ3n) is 3.07. The molecule has 3 nitrogen and oxygen atoms in total. The SMILES string of the molecule is O=C(NCc1cccc(Cl)c1)c1cc2c(Br)cccc2o1. The van der Waals surface area contributed by atoms with Crippen LogP contribution in [0.2, 0.25) is 5.02 Å². The number of hydrogen-bond donors (Lipinski definition) is 1. The number of hydrogen-bond acceptors (Lipinski definition) is 2. The predicted octanol–water partition coefficient (Wildman–Crippen LogP) is 4.78. The van der Waals surface area contributed by atoms with Gasteiger partial charge in [-0.3, -0.25) is 4.79 Å². The lowest BCUT2D eigenvalue weighted by Crippen LogP contribution is -2.22. The highest BCUT2D eigenvalue weighted by atomic mass is 79.9. The van der Waals surface area contributed by atoms with Crippen LogP contribution in [0.3, 0.4) is 0 Å². The number of halogens is 2. The molecule has 0 aliphatic heterocycles. The highest BCUT2D eigenvalue weighted by Crippen LogP contribution is 2.26. The van der Waals surface area contributed by atoms with Crippen molar-refractivity contribution in [2.24, 2.45) is 0 Å². The van der Waals surface area contributed by atoms with Gasteiger partial charge in [0.15, 0.2) is 5.76 Å². The van der Waals surface area contributed by atoms with Crippen LogP contribution in [0.1, 0.15) is 16.1 Å². The fourth-order valence-electron chi connectivity index (χ4n) is 2.05. The lowest BCUT2D eigenvalue weighted by atomic mass is 10.2. The second kappa shape index (κ2) is 5.92. The van der Waals surface area contributed by atoms with E-state index in [0.29, 0.717) is 22.9 Å². The summed E-state index contributed by atoms with van der Waals surface area (Å²) in [6.07, 6.45) is 0. The maximum absolute atomic E-state index is 12.1. The van der Waals surface area contributed by atoms with Crippen molar-refractivity contribution in [1.82, 2.24) is 5.32 Å². The van der Waals surface area contributed by atoms with Crippen molar-refractivity contribution >= 4 is 44.4 Å². The summed E-state index contributed by atoms with van der Waals surface area (Å²) in [6, 6.07) is 14.7. The molecule has 21 heavy (non-hydrogen) atoms. The van der Waals surface area contributed by atoms with Crippen LogP contribution in [0.25, 0.3) is 11.0 Å². The van der Waals surface area contributed by atoms with Crippen LogP contribution < -0.4 is 5.32 Å². The summed E-state index contributed by atoms with van der Waals surface area (Å²) >= 11 is 9.35. The zero-order chi connectivity index (χ0) is 14.8. The average molecular weight is 365 g/mol. The molecule has 5 heteroatoms. The van der Waals surface area contributed by atoms with Gasteiger partial charge in [-0.1, -0.05) is 45.7 Å². The van der Waals surface area contributed by atoms with Crippen LogP contribution >= 0.6 is 27.5 Å². The molecule has 0 saturated carbocycles. The minimum Gasteiger partial charge on any atom is -0.451 e. The first kappa shape index (κ1) is 14.2. The molecule has 0 aliphatic carbocycles. The molecular formula is C16H11BrClNO2. The quantitative estimate of drug-likeness (QED) is 0.727. The average Bonchev–Trinajstić information content (AvgIpc) is 2.90. The number of carbonyl (C=O) groups excluding carboxylic acids is 1. The zero-order valence-corrected chi connectivity index (χ0v) is 13.2. The van der Waals surface area contributed by atoms with E-state index in [9.17, 15) is 4.79 Å². The molecule has 1 aromatic heterocycles. The highest BCUT2D eigenvalue weighted by molar-refractivity contribution is 9.10. The van der Waals surface area contributed by atoms with Crippen molar-refractivity contribution in [2.75, 3.05) is 0 Å². The van der Waals surface area contributed by atoms with Gasteiger partial charge < -0.3 is 9.73 Å². The van der Waals surface area contributed by atoms with Crippen molar-refractivity contribution in [3.05, 3.63) is 69.3 Å². The summed E-state index contributed by atoms with van der Waals surface area (Å²) in [5, 5.41) is 4.34. The molecule has 0 bridgehead atoms. The van der Waals surface area contributed by atoms with Crippen molar-refractivity contribution in [3.63, 3.8) is 0 Å². The van der Waals surface area contributed by atoms with Gasteiger partial charge in [0.25, 0.3) is 5.91 Å².